The Morgan fingerprint density at radius 1 is 1.28 bits per heavy atom. The monoisotopic (exact) mass is 245 g/mol. The molecule has 0 radical (unpaired) electrons. The van der Waals surface area contributed by atoms with Crippen molar-refractivity contribution in [2.45, 2.75) is 13.8 Å². The van der Waals surface area contributed by atoms with Crippen LogP contribution in [0.3, 0.4) is 0 Å². The number of hydrogen-bond acceptors (Lipinski definition) is 5. The van der Waals surface area contributed by atoms with Gasteiger partial charge in [-0.25, -0.2) is 0 Å². The fourth-order valence-corrected chi connectivity index (χ4v) is 1.55. The van der Waals surface area contributed by atoms with E-state index >= 15 is 0 Å². The van der Waals surface area contributed by atoms with Crippen LogP contribution in [0.5, 0.6) is 5.75 Å². The van der Waals surface area contributed by atoms with Gasteiger partial charge < -0.3 is 10.1 Å². The lowest BCUT2D eigenvalue weighted by Crippen LogP contribution is -2.06. The molecule has 0 aliphatic rings. The Hall–Kier alpha value is -2.50. The Kier molecular flexibility index (Phi) is 3.18. The molecule has 6 heteroatoms. The van der Waals surface area contributed by atoms with Gasteiger partial charge in [-0.15, -0.1) is 0 Å². The smallest absolute Gasteiger partial charge is 0.308 e. The number of anilines is 1. The molecule has 0 bridgehead atoms. The quantitative estimate of drug-likeness (QED) is 0.811. The van der Waals surface area contributed by atoms with E-state index in [4.69, 9.17) is 4.74 Å². The molecule has 0 unspecified atom stereocenters. The van der Waals surface area contributed by atoms with Crippen LogP contribution in [0.15, 0.2) is 24.4 Å². The molecule has 1 N–H and O–H groups in total. The first-order chi connectivity index (χ1) is 8.56. The molecule has 1 amide bonds. The van der Waals surface area contributed by atoms with Crippen LogP contribution in [0.2, 0.25) is 0 Å². The number of carbonyl (C=O) groups excluding carboxylic acids is 2. The zero-order valence-corrected chi connectivity index (χ0v) is 9.93. The Labute approximate surface area is 103 Å². The van der Waals surface area contributed by atoms with E-state index in [1.165, 1.54) is 20.0 Å². The van der Waals surface area contributed by atoms with Gasteiger partial charge in [0.1, 0.15) is 0 Å². The molecule has 18 heavy (non-hydrogen) atoms. The molecule has 0 aliphatic heterocycles. The van der Waals surface area contributed by atoms with Crippen molar-refractivity contribution in [2.75, 3.05) is 5.32 Å². The van der Waals surface area contributed by atoms with E-state index < -0.39 is 5.97 Å². The average molecular weight is 245 g/mol. The highest BCUT2D eigenvalue weighted by atomic mass is 16.5. The number of amides is 1. The number of fused-ring (bicyclic) bond motifs is 1. The topological polar surface area (TPSA) is 81.2 Å². The Morgan fingerprint density at radius 2 is 2.06 bits per heavy atom. The molecule has 6 nitrogen and oxygen atoms in total. The van der Waals surface area contributed by atoms with Crippen molar-refractivity contribution in [3.05, 3.63) is 24.4 Å². The number of benzene rings is 1. The van der Waals surface area contributed by atoms with Crippen LogP contribution >= 0.6 is 0 Å². The largest absolute Gasteiger partial charge is 0.424 e. The van der Waals surface area contributed by atoms with Gasteiger partial charge in [-0.2, -0.15) is 10.2 Å². The molecule has 2 aromatic rings. The fourth-order valence-electron chi connectivity index (χ4n) is 1.55. The second-order valence-corrected chi connectivity index (χ2v) is 3.72. The Balaban J connectivity index is 2.46. The van der Waals surface area contributed by atoms with Crippen LogP contribution in [-0.4, -0.2) is 22.1 Å². The lowest BCUT2D eigenvalue weighted by atomic mass is 10.2. The van der Waals surface area contributed by atoms with E-state index in [0.29, 0.717) is 22.3 Å². The molecular formula is C12H11N3O3. The number of aromatic nitrogens is 2. The van der Waals surface area contributed by atoms with Gasteiger partial charge in [-0.05, 0) is 18.2 Å². The highest BCUT2D eigenvalue weighted by Gasteiger charge is 2.07. The van der Waals surface area contributed by atoms with E-state index in [1.807, 2.05) is 0 Å². The number of nitrogens with one attached hydrogen (secondary N) is 1. The summed E-state index contributed by atoms with van der Waals surface area (Å²) < 4.78 is 5.02. The van der Waals surface area contributed by atoms with E-state index in [2.05, 4.69) is 15.5 Å². The molecule has 2 rings (SSSR count). The Morgan fingerprint density at radius 3 is 2.72 bits per heavy atom. The maximum absolute atomic E-state index is 10.9. The maximum atomic E-state index is 10.9. The lowest BCUT2D eigenvalue weighted by molar-refractivity contribution is -0.131. The van der Waals surface area contributed by atoms with E-state index in [1.54, 1.807) is 18.2 Å². The molecule has 0 fully saturated rings. The highest BCUT2D eigenvalue weighted by molar-refractivity contribution is 5.94. The van der Waals surface area contributed by atoms with Gasteiger partial charge in [0.05, 0.1) is 11.7 Å². The number of esters is 1. The summed E-state index contributed by atoms with van der Waals surface area (Å²) in [5, 5.41) is 11.0. The van der Waals surface area contributed by atoms with Crippen molar-refractivity contribution in [1.82, 2.24) is 10.2 Å². The van der Waals surface area contributed by atoms with Crippen molar-refractivity contribution in [3.63, 3.8) is 0 Å². The van der Waals surface area contributed by atoms with Crippen LogP contribution in [0, 0.1) is 0 Å². The van der Waals surface area contributed by atoms with Crippen molar-refractivity contribution in [1.29, 1.82) is 0 Å². The molecule has 1 aromatic carbocycles. The van der Waals surface area contributed by atoms with Crippen LogP contribution in [0.4, 0.5) is 5.69 Å². The third-order valence-electron chi connectivity index (χ3n) is 2.18. The van der Waals surface area contributed by atoms with Crippen molar-refractivity contribution in [3.8, 4) is 5.75 Å². The predicted octanol–water partition coefficient (Wildman–Crippen LogP) is 1.51. The van der Waals surface area contributed by atoms with Crippen LogP contribution in [0.1, 0.15) is 13.8 Å². The van der Waals surface area contributed by atoms with Gasteiger partial charge in [0.25, 0.3) is 0 Å². The Bertz CT molecular complexity index is 625. The highest BCUT2D eigenvalue weighted by Crippen LogP contribution is 2.25. The standard InChI is InChI=1S/C12H11N3O3/c1-7(16)14-9-3-4-10-11(5-9)15-13-6-12(10)18-8(2)17/h3-6H,1-2H3,(H,14,16). The summed E-state index contributed by atoms with van der Waals surface area (Å²) in [6.45, 7) is 2.74. The van der Waals surface area contributed by atoms with Gasteiger partial charge in [-0.3, -0.25) is 9.59 Å². The summed E-state index contributed by atoms with van der Waals surface area (Å²) in [5.74, 6) is -0.240. The molecule has 0 saturated heterocycles. The molecule has 1 aromatic heterocycles. The predicted molar refractivity (Wildman–Crippen MR) is 65.2 cm³/mol. The van der Waals surface area contributed by atoms with Crippen molar-refractivity contribution < 1.29 is 14.3 Å². The molecule has 0 spiro atoms. The number of rotatable bonds is 2. The molecule has 0 atom stereocenters. The summed E-state index contributed by atoms with van der Waals surface area (Å²) in [4.78, 5) is 21.9. The van der Waals surface area contributed by atoms with Gasteiger partial charge in [0.2, 0.25) is 5.91 Å². The molecule has 0 saturated carbocycles. The average Bonchev–Trinajstić information content (AvgIpc) is 2.27. The summed E-state index contributed by atoms with van der Waals surface area (Å²) in [5.41, 5.74) is 1.16. The number of nitrogens with zero attached hydrogens (tertiary/aromatic N) is 2. The van der Waals surface area contributed by atoms with Gasteiger partial charge in [0, 0.05) is 24.9 Å². The SMILES string of the molecule is CC(=O)Nc1ccc2c(OC(C)=O)cnnc2c1. The molecule has 1 heterocycles. The first-order valence-corrected chi connectivity index (χ1v) is 5.28. The lowest BCUT2D eigenvalue weighted by Gasteiger charge is -2.06. The zero-order valence-electron chi connectivity index (χ0n) is 9.93. The first kappa shape index (κ1) is 12.0. The van der Waals surface area contributed by atoms with Crippen LogP contribution in [0.25, 0.3) is 10.9 Å². The van der Waals surface area contributed by atoms with Crippen LogP contribution in [-0.2, 0) is 9.59 Å². The summed E-state index contributed by atoms with van der Waals surface area (Å²) in [6.07, 6.45) is 1.38. The molecular weight excluding hydrogens is 234 g/mol. The van der Waals surface area contributed by atoms with Gasteiger partial charge in [-0.1, -0.05) is 0 Å². The summed E-state index contributed by atoms with van der Waals surface area (Å²) in [7, 11) is 0. The van der Waals surface area contributed by atoms with E-state index in [9.17, 15) is 9.59 Å². The third kappa shape index (κ3) is 2.60. The van der Waals surface area contributed by atoms with Gasteiger partial charge >= 0.3 is 5.97 Å². The maximum Gasteiger partial charge on any atom is 0.308 e. The third-order valence-corrected chi connectivity index (χ3v) is 2.18. The normalized spacial score (nSPS) is 10.1. The minimum Gasteiger partial charge on any atom is -0.424 e. The molecule has 0 aliphatic carbocycles. The fraction of sp³-hybridized carbons (Fsp3) is 0.167. The second kappa shape index (κ2) is 4.79. The van der Waals surface area contributed by atoms with Gasteiger partial charge in [0.15, 0.2) is 5.75 Å². The minimum absolute atomic E-state index is 0.168. The van der Waals surface area contributed by atoms with Crippen molar-refractivity contribution in [2.24, 2.45) is 0 Å². The zero-order chi connectivity index (χ0) is 13.1. The number of hydrogen-bond donors (Lipinski definition) is 1. The summed E-state index contributed by atoms with van der Waals surface area (Å²) in [6, 6.07) is 5.09. The number of ether oxygens (including phenoxy) is 1. The van der Waals surface area contributed by atoms with E-state index in [0.717, 1.165) is 0 Å². The molecule has 92 valence electrons. The number of carbonyl (C=O) groups is 2. The second-order valence-electron chi connectivity index (χ2n) is 3.72. The van der Waals surface area contributed by atoms with Crippen LogP contribution < -0.4 is 10.1 Å². The minimum atomic E-state index is -0.421. The summed E-state index contributed by atoms with van der Waals surface area (Å²) >= 11 is 0. The van der Waals surface area contributed by atoms with E-state index in [-0.39, 0.29) is 5.91 Å². The van der Waals surface area contributed by atoms with Crippen molar-refractivity contribution >= 4 is 28.5 Å². The first-order valence-electron chi connectivity index (χ1n) is 5.28.